The van der Waals surface area contributed by atoms with Crippen LogP contribution in [0, 0.1) is 0 Å². The summed E-state index contributed by atoms with van der Waals surface area (Å²) in [5.74, 6) is 1.19. The van der Waals surface area contributed by atoms with E-state index < -0.39 is 6.10 Å². The molecule has 3 rings (SSSR count). The standard InChI is InChI=1S/C13H12N2O2/c1-15-7-6-14-13(15)12(16)11-8-9-4-2-3-5-10(9)17-11/h2-7,11H,8H2,1H3. The molecule has 0 bridgehead atoms. The van der Waals surface area contributed by atoms with Gasteiger partial charge in [0.1, 0.15) is 5.75 Å². The molecule has 4 nitrogen and oxygen atoms in total. The highest BCUT2D eigenvalue weighted by Gasteiger charge is 2.31. The maximum Gasteiger partial charge on any atom is 0.238 e. The van der Waals surface area contributed by atoms with E-state index in [4.69, 9.17) is 4.74 Å². The Morgan fingerprint density at radius 2 is 2.29 bits per heavy atom. The predicted octanol–water partition coefficient (Wildman–Crippen LogP) is 1.61. The molecule has 0 amide bonds. The van der Waals surface area contributed by atoms with Gasteiger partial charge < -0.3 is 9.30 Å². The SMILES string of the molecule is Cn1ccnc1C(=O)C1Cc2ccccc2O1. The number of fused-ring (bicyclic) bond motifs is 1. The van der Waals surface area contributed by atoms with Crippen LogP contribution in [0.25, 0.3) is 0 Å². The lowest BCUT2D eigenvalue weighted by Crippen LogP contribution is -2.27. The molecule has 0 spiro atoms. The van der Waals surface area contributed by atoms with Gasteiger partial charge in [-0.3, -0.25) is 4.79 Å². The molecular weight excluding hydrogens is 216 g/mol. The summed E-state index contributed by atoms with van der Waals surface area (Å²) in [7, 11) is 1.81. The summed E-state index contributed by atoms with van der Waals surface area (Å²) in [5.41, 5.74) is 1.08. The minimum atomic E-state index is -0.437. The second-order valence-electron chi connectivity index (χ2n) is 4.14. The van der Waals surface area contributed by atoms with E-state index in [2.05, 4.69) is 4.98 Å². The number of aryl methyl sites for hydroxylation is 1. The lowest BCUT2D eigenvalue weighted by atomic mass is 10.1. The molecule has 1 aliphatic heterocycles. The Balaban J connectivity index is 1.86. The van der Waals surface area contributed by atoms with Crippen LogP contribution in [0.2, 0.25) is 0 Å². The van der Waals surface area contributed by atoms with Gasteiger partial charge in [0.15, 0.2) is 11.9 Å². The molecule has 0 saturated heterocycles. The van der Waals surface area contributed by atoms with E-state index >= 15 is 0 Å². The first kappa shape index (κ1) is 10.1. The number of para-hydroxylation sites is 1. The zero-order valence-electron chi connectivity index (χ0n) is 9.46. The largest absolute Gasteiger partial charge is 0.481 e. The molecule has 0 aliphatic carbocycles. The first-order valence-electron chi connectivity index (χ1n) is 5.52. The van der Waals surface area contributed by atoms with Crippen molar-refractivity contribution in [2.75, 3.05) is 0 Å². The zero-order chi connectivity index (χ0) is 11.8. The molecule has 1 aromatic heterocycles. The molecule has 4 heteroatoms. The van der Waals surface area contributed by atoms with Gasteiger partial charge in [0.2, 0.25) is 5.78 Å². The topological polar surface area (TPSA) is 44.1 Å². The predicted molar refractivity (Wildman–Crippen MR) is 62.1 cm³/mol. The summed E-state index contributed by atoms with van der Waals surface area (Å²) in [6.07, 6.45) is 3.57. The van der Waals surface area contributed by atoms with Crippen molar-refractivity contribution in [2.24, 2.45) is 7.05 Å². The number of ether oxygens (including phenoxy) is 1. The Morgan fingerprint density at radius 3 is 3.00 bits per heavy atom. The van der Waals surface area contributed by atoms with Gasteiger partial charge in [0.25, 0.3) is 0 Å². The van der Waals surface area contributed by atoms with E-state index in [1.807, 2.05) is 31.3 Å². The third-order valence-corrected chi connectivity index (χ3v) is 2.98. The average molecular weight is 228 g/mol. The second kappa shape index (κ2) is 3.73. The number of ketones is 1. The first-order chi connectivity index (χ1) is 8.25. The summed E-state index contributed by atoms with van der Waals surface area (Å²) in [4.78, 5) is 16.2. The number of hydrogen-bond acceptors (Lipinski definition) is 3. The molecular formula is C13H12N2O2. The lowest BCUT2D eigenvalue weighted by Gasteiger charge is -2.08. The molecule has 86 valence electrons. The number of aromatic nitrogens is 2. The smallest absolute Gasteiger partial charge is 0.238 e. The van der Waals surface area contributed by atoms with Gasteiger partial charge >= 0.3 is 0 Å². The minimum Gasteiger partial charge on any atom is -0.481 e. The van der Waals surface area contributed by atoms with Crippen molar-refractivity contribution < 1.29 is 9.53 Å². The maximum absolute atomic E-state index is 12.2. The second-order valence-corrected chi connectivity index (χ2v) is 4.14. The fraction of sp³-hybridized carbons (Fsp3) is 0.231. The normalized spacial score (nSPS) is 17.6. The summed E-state index contributed by atoms with van der Waals surface area (Å²) in [5, 5.41) is 0. The van der Waals surface area contributed by atoms with Gasteiger partial charge in [-0.05, 0) is 11.6 Å². The molecule has 1 atom stereocenters. The lowest BCUT2D eigenvalue weighted by molar-refractivity contribution is 0.0810. The van der Waals surface area contributed by atoms with Gasteiger partial charge in [-0.1, -0.05) is 18.2 Å². The van der Waals surface area contributed by atoms with Crippen molar-refractivity contribution in [3.63, 3.8) is 0 Å². The van der Waals surface area contributed by atoms with Crippen LogP contribution in [0.1, 0.15) is 16.2 Å². The van der Waals surface area contributed by atoms with Crippen LogP contribution < -0.4 is 4.74 Å². The Kier molecular flexibility index (Phi) is 2.21. The Hall–Kier alpha value is -2.10. The Labute approximate surface area is 98.9 Å². The zero-order valence-corrected chi connectivity index (χ0v) is 9.46. The van der Waals surface area contributed by atoms with E-state index in [1.54, 1.807) is 17.0 Å². The highest BCUT2D eigenvalue weighted by Crippen LogP contribution is 2.29. The monoisotopic (exact) mass is 228 g/mol. The van der Waals surface area contributed by atoms with Crippen LogP contribution in [0.4, 0.5) is 0 Å². The third-order valence-electron chi connectivity index (χ3n) is 2.98. The molecule has 1 unspecified atom stereocenters. The van der Waals surface area contributed by atoms with Crippen LogP contribution >= 0.6 is 0 Å². The molecule has 1 aliphatic rings. The number of nitrogens with zero attached hydrogens (tertiary/aromatic N) is 2. The first-order valence-corrected chi connectivity index (χ1v) is 5.52. The number of rotatable bonds is 2. The van der Waals surface area contributed by atoms with Crippen molar-refractivity contribution in [3.8, 4) is 5.75 Å². The molecule has 2 aromatic rings. The summed E-state index contributed by atoms with van der Waals surface area (Å²) in [6, 6.07) is 7.74. The molecule has 0 fully saturated rings. The summed E-state index contributed by atoms with van der Waals surface area (Å²) >= 11 is 0. The van der Waals surface area contributed by atoms with Crippen LogP contribution in [0.15, 0.2) is 36.7 Å². The van der Waals surface area contributed by atoms with Crippen molar-refractivity contribution in [1.82, 2.24) is 9.55 Å². The molecule has 0 N–H and O–H groups in total. The molecule has 0 saturated carbocycles. The highest BCUT2D eigenvalue weighted by atomic mass is 16.5. The van der Waals surface area contributed by atoms with Crippen molar-refractivity contribution in [2.45, 2.75) is 12.5 Å². The van der Waals surface area contributed by atoms with Crippen LogP contribution in [-0.2, 0) is 13.5 Å². The third kappa shape index (κ3) is 1.62. The highest BCUT2D eigenvalue weighted by molar-refractivity contribution is 5.97. The number of carbonyl (C=O) groups is 1. The van der Waals surface area contributed by atoms with Crippen LogP contribution in [0.3, 0.4) is 0 Å². The van der Waals surface area contributed by atoms with Gasteiger partial charge in [-0.25, -0.2) is 4.98 Å². The van der Waals surface area contributed by atoms with Gasteiger partial charge in [0, 0.05) is 25.9 Å². The minimum absolute atomic E-state index is 0.0614. The molecule has 17 heavy (non-hydrogen) atoms. The molecule has 1 aromatic carbocycles. The summed E-state index contributed by atoms with van der Waals surface area (Å²) in [6.45, 7) is 0. The number of Topliss-reactive ketones (excluding diaryl/α,β-unsaturated/α-hetero) is 1. The fourth-order valence-corrected chi connectivity index (χ4v) is 2.08. The van der Waals surface area contributed by atoms with Crippen LogP contribution in [-0.4, -0.2) is 21.4 Å². The molecule has 2 heterocycles. The van der Waals surface area contributed by atoms with Crippen molar-refractivity contribution in [1.29, 1.82) is 0 Å². The quantitative estimate of drug-likeness (QED) is 0.733. The van der Waals surface area contributed by atoms with E-state index in [-0.39, 0.29) is 5.78 Å². The number of benzene rings is 1. The van der Waals surface area contributed by atoms with E-state index in [0.717, 1.165) is 11.3 Å². The van der Waals surface area contributed by atoms with E-state index in [0.29, 0.717) is 12.2 Å². The van der Waals surface area contributed by atoms with E-state index in [1.165, 1.54) is 0 Å². The van der Waals surface area contributed by atoms with Crippen molar-refractivity contribution >= 4 is 5.78 Å². The maximum atomic E-state index is 12.2. The van der Waals surface area contributed by atoms with Gasteiger partial charge in [-0.2, -0.15) is 0 Å². The fourth-order valence-electron chi connectivity index (χ4n) is 2.08. The number of carbonyl (C=O) groups excluding carboxylic acids is 1. The van der Waals surface area contributed by atoms with Gasteiger partial charge in [0.05, 0.1) is 0 Å². The Bertz CT molecular complexity index is 549. The van der Waals surface area contributed by atoms with Crippen LogP contribution in [0.5, 0.6) is 5.75 Å². The number of imidazole rings is 1. The molecule has 0 radical (unpaired) electrons. The number of hydrogen-bond donors (Lipinski definition) is 0. The Morgan fingerprint density at radius 1 is 1.47 bits per heavy atom. The van der Waals surface area contributed by atoms with E-state index in [9.17, 15) is 4.79 Å². The average Bonchev–Trinajstić information content (AvgIpc) is 2.93. The summed E-state index contributed by atoms with van der Waals surface area (Å²) < 4.78 is 7.36. The van der Waals surface area contributed by atoms with Crippen molar-refractivity contribution in [3.05, 3.63) is 48.0 Å². The van der Waals surface area contributed by atoms with Gasteiger partial charge in [-0.15, -0.1) is 0 Å².